The van der Waals surface area contributed by atoms with Gasteiger partial charge in [-0.2, -0.15) is 0 Å². The maximum atomic E-state index is 12.4. The van der Waals surface area contributed by atoms with Crippen molar-refractivity contribution in [2.45, 2.75) is 225 Å². The van der Waals surface area contributed by atoms with Crippen molar-refractivity contribution >= 4 is 5.91 Å². The summed E-state index contributed by atoms with van der Waals surface area (Å²) >= 11 is 0. The minimum absolute atomic E-state index is 0.379. The third-order valence-corrected chi connectivity index (χ3v) is 9.45. The number of hydrogen-bond donors (Lipinski definition) is 4. The predicted octanol–water partition coefficient (Wildman–Crippen LogP) is 11.6. The SMILES string of the molecule is CCCCCCCCCCC/C=C\CCCCCCC(O)C(=O)NC(CO)C(O)/C=C/CC/C=C/CCCCCCCCCCCCC. The Balaban J connectivity index is 3.77. The van der Waals surface area contributed by atoms with Gasteiger partial charge in [-0.3, -0.25) is 4.79 Å². The van der Waals surface area contributed by atoms with Crippen molar-refractivity contribution in [3.8, 4) is 0 Å². The lowest BCUT2D eigenvalue weighted by atomic mass is 10.1. The van der Waals surface area contributed by atoms with E-state index in [0.29, 0.717) is 6.42 Å². The van der Waals surface area contributed by atoms with Crippen molar-refractivity contribution < 1.29 is 20.1 Å². The largest absolute Gasteiger partial charge is 0.394 e. The Kier molecular flexibility index (Phi) is 37.2. The Morgan fingerprint density at radius 2 is 0.854 bits per heavy atom. The molecule has 0 fully saturated rings. The molecule has 0 saturated carbocycles. The molecule has 0 aliphatic heterocycles. The van der Waals surface area contributed by atoms with Crippen LogP contribution in [0.3, 0.4) is 0 Å². The first-order valence-corrected chi connectivity index (χ1v) is 20.8. The summed E-state index contributed by atoms with van der Waals surface area (Å²) in [6.07, 6.45) is 47.4. The molecule has 0 heterocycles. The molecule has 0 bridgehead atoms. The minimum atomic E-state index is -1.11. The van der Waals surface area contributed by atoms with Gasteiger partial charge in [0.05, 0.1) is 18.8 Å². The second-order valence-corrected chi connectivity index (χ2v) is 14.2. The lowest BCUT2D eigenvalue weighted by molar-refractivity contribution is -0.131. The van der Waals surface area contributed by atoms with Gasteiger partial charge in [0.15, 0.2) is 0 Å². The number of rotatable bonds is 37. The van der Waals surface area contributed by atoms with Crippen LogP contribution in [0.25, 0.3) is 0 Å². The summed E-state index contributed by atoms with van der Waals surface area (Å²) in [6, 6.07) is -0.817. The Hall–Kier alpha value is -1.43. The highest BCUT2D eigenvalue weighted by Crippen LogP contribution is 2.14. The van der Waals surface area contributed by atoms with E-state index in [0.717, 1.165) is 51.4 Å². The van der Waals surface area contributed by atoms with Gasteiger partial charge in [-0.15, -0.1) is 0 Å². The van der Waals surface area contributed by atoms with Crippen molar-refractivity contribution in [2.24, 2.45) is 0 Å². The molecular formula is C43H81NO4. The van der Waals surface area contributed by atoms with Crippen molar-refractivity contribution in [1.82, 2.24) is 5.32 Å². The van der Waals surface area contributed by atoms with E-state index in [2.05, 4.69) is 43.5 Å². The number of hydrogen-bond acceptors (Lipinski definition) is 4. The van der Waals surface area contributed by atoms with Gasteiger partial charge in [-0.1, -0.05) is 185 Å². The second kappa shape index (κ2) is 38.4. The normalized spacial score (nSPS) is 14.0. The lowest BCUT2D eigenvalue weighted by Crippen LogP contribution is -2.48. The quantitative estimate of drug-likeness (QED) is 0.0390. The summed E-state index contributed by atoms with van der Waals surface area (Å²) < 4.78 is 0. The van der Waals surface area contributed by atoms with Gasteiger partial charge in [-0.05, 0) is 57.8 Å². The molecule has 0 spiro atoms. The van der Waals surface area contributed by atoms with E-state index < -0.39 is 24.2 Å². The molecule has 4 N–H and O–H groups in total. The molecule has 282 valence electrons. The average molecular weight is 676 g/mol. The van der Waals surface area contributed by atoms with Crippen LogP contribution < -0.4 is 5.32 Å². The molecule has 0 aromatic heterocycles. The van der Waals surface area contributed by atoms with E-state index in [1.165, 1.54) is 135 Å². The molecule has 0 saturated heterocycles. The monoisotopic (exact) mass is 676 g/mol. The lowest BCUT2D eigenvalue weighted by Gasteiger charge is -2.21. The first-order valence-electron chi connectivity index (χ1n) is 20.8. The summed E-state index contributed by atoms with van der Waals surface area (Å²) in [5.41, 5.74) is 0. The fourth-order valence-corrected chi connectivity index (χ4v) is 6.14. The zero-order chi connectivity index (χ0) is 35.2. The fourth-order valence-electron chi connectivity index (χ4n) is 6.14. The van der Waals surface area contributed by atoms with Crippen LogP contribution in [0.15, 0.2) is 36.5 Å². The van der Waals surface area contributed by atoms with Gasteiger partial charge in [0.1, 0.15) is 6.10 Å². The number of nitrogens with one attached hydrogen (secondary N) is 1. The highest BCUT2D eigenvalue weighted by atomic mass is 16.3. The number of allylic oxidation sites excluding steroid dienone is 5. The van der Waals surface area contributed by atoms with Gasteiger partial charge in [0.2, 0.25) is 5.91 Å². The maximum Gasteiger partial charge on any atom is 0.249 e. The summed E-state index contributed by atoms with van der Waals surface area (Å²) in [7, 11) is 0. The van der Waals surface area contributed by atoms with Crippen molar-refractivity contribution in [3.05, 3.63) is 36.5 Å². The average Bonchev–Trinajstić information content (AvgIpc) is 3.09. The molecule has 0 aliphatic carbocycles. The molecule has 1 amide bonds. The highest BCUT2D eigenvalue weighted by molar-refractivity contribution is 5.80. The van der Waals surface area contributed by atoms with E-state index in [1.54, 1.807) is 6.08 Å². The molecule has 5 heteroatoms. The third-order valence-electron chi connectivity index (χ3n) is 9.45. The summed E-state index contributed by atoms with van der Waals surface area (Å²) in [5, 5.41) is 33.0. The number of carbonyl (C=O) groups is 1. The van der Waals surface area contributed by atoms with Crippen LogP contribution in [0, 0.1) is 0 Å². The number of carbonyl (C=O) groups excluding carboxylic acids is 1. The number of unbranched alkanes of at least 4 members (excludes halogenated alkanes) is 25. The molecule has 0 aliphatic rings. The van der Waals surface area contributed by atoms with Crippen LogP contribution in [0.5, 0.6) is 0 Å². The third kappa shape index (κ3) is 33.1. The fraction of sp³-hybridized carbons (Fsp3) is 0.837. The topological polar surface area (TPSA) is 89.8 Å². The summed E-state index contributed by atoms with van der Waals surface area (Å²) in [5.74, 6) is -0.522. The Bertz CT molecular complexity index is 749. The van der Waals surface area contributed by atoms with Crippen LogP contribution in [0.2, 0.25) is 0 Å². The van der Waals surface area contributed by atoms with Crippen molar-refractivity contribution in [3.63, 3.8) is 0 Å². The highest BCUT2D eigenvalue weighted by Gasteiger charge is 2.22. The molecule has 0 aromatic rings. The summed E-state index contributed by atoms with van der Waals surface area (Å²) in [4.78, 5) is 12.4. The Morgan fingerprint density at radius 3 is 1.27 bits per heavy atom. The van der Waals surface area contributed by atoms with E-state index in [9.17, 15) is 20.1 Å². The smallest absolute Gasteiger partial charge is 0.249 e. The number of aliphatic hydroxyl groups is 3. The summed E-state index contributed by atoms with van der Waals surface area (Å²) in [6.45, 7) is 4.16. The number of aliphatic hydroxyl groups excluding tert-OH is 3. The van der Waals surface area contributed by atoms with E-state index in [4.69, 9.17) is 0 Å². The predicted molar refractivity (Wildman–Crippen MR) is 208 cm³/mol. The zero-order valence-corrected chi connectivity index (χ0v) is 31.9. The molecule has 0 aromatic carbocycles. The minimum Gasteiger partial charge on any atom is -0.394 e. The van der Waals surface area contributed by atoms with Crippen molar-refractivity contribution in [1.29, 1.82) is 0 Å². The molecule has 5 nitrogen and oxygen atoms in total. The number of amides is 1. The van der Waals surface area contributed by atoms with Crippen LogP contribution in [0.4, 0.5) is 0 Å². The van der Waals surface area contributed by atoms with Gasteiger partial charge >= 0.3 is 0 Å². The van der Waals surface area contributed by atoms with Crippen LogP contribution >= 0.6 is 0 Å². The second-order valence-electron chi connectivity index (χ2n) is 14.2. The van der Waals surface area contributed by atoms with Crippen LogP contribution in [-0.4, -0.2) is 46.1 Å². The van der Waals surface area contributed by atoms with E-state index >= 15 is 0 Å². The standard InChI is InChI=1S/C43H81NO4/c1-3-5-7-9-11-13-15-17-19-21-23-25-27-29-31-33-35-37-41(46)40(39-45)44-43(48)42(47)38-36-34-32-30-28-26-24-22-20-18-16-14-12-10-8-6-4-2/h24,26-27,29,35,37,40-42,45-47H,3-23,25,28,30-34,36,38-39H2,1-2H3,(H,44,48)/b26-24-,29-27+,37-35+. The van der Waals surface area contributed by atoms with Crippen LogP contribution in [0.1, 0.15) is 206 Å². The van der Waals surface area contributed by atoms with Gasteiger partial charge in [-0.25, -0.2) is 0 Å². The van der Waals surface area contributed by atoms with Crippen molar-refractivity contribution in [2.75, 3.05) is 6.61 Å². The molecule has 3 unspecified atom stereocenters. The van der Waals surface area contributed by atoms with Gasteiger partial charge in [0.25, 0.3) is 0 Å². The zero-order valence-electron chi connectivity index (χ0n) is 31.9. The van der Waals surface area contributed by atoms with Gasteiger partial charge < -0.3 is 20.6 Å². The maximum absolute atomic E-state index is 12.4. The molecule has 48 heavy (non-hydrogen) atoms. The molecular weight excluding hydrogens is 594 g/mol. The first kappa shape index (κ1) is 46.6. The molecule has 0 rings (SSSR count). The van der Waals surface area contributed by atoms with Crippen LogP contribution in [-0.2, 0) is 4.79 Å². The van der Waals surface area contributed by atoms with E-state index in [1.807, 2.05) is 6.08 Å². The first-order chi connectivity index (χ1) is 23.6. The van der Waals surface area contributed by atoms with Gasteiger partial charge in [0, 0.05) is 0 Å². The molecule has 0 radical (unpaired) electrons. The van der Waals surface area contributed by atoms with E-state index in [-0.39, 0.29) is 6.61 Å². The Morgan fingerprint density at radius 1 is 0.500 bits per heavy atom. The molecule has 3 atom stereocenters. The Labute approximate surface area is 298 Å².